The molecule has 138 valence electrons. The lowest BCUT2D eigenvalue weighted by molar-refractivity contribution is -0.121. The zero-order valence-electron chi connectivity index (χ0n) is 14.3. The van der Waals surface area contributed by atoms with Gasteiger partial charge >= 0.3 is 5.97 Å². The second kappa shape index (κ2) is 8.56. The molecule has 0 saturated carbocycles. The standard InChI is InChI=1S/C19H15ClN2O3S2/c1-25-18(24)13-5-7-15(8-6-13)21-11-22-17(23)16(27-19(22)26)10-12-3-2-4-14(20)9-12/h2-10,21H,11H2,1H3/b16-10-. The molecule has 0 aliphatic carbocycles. The smallest absolute Gasteiger partial charge is 0.337 e. The number of carbonyl (C=O) groups excluding carboxylic acids is 2. The summed E-state index contributed by atoms with van der Waals surface area (Å²) < 4.78 is 5.15. The van der Waals surface area contributed by atoms with E-state index in [1.165, 1.54) is 23.8 Å². The molecule has 0 unspecified atom stereocenters. The molecule has 1 aliphatic rings. The fraction of sp³-hybridized carbons (Fsp3) is 0.105. The Labute approximate surface area is 171 Å². The predicted octanol–water partition coefficient (Wildman–Crippen LogP) is 4.40. The van der Waals surface area contributed by atoms with Crippen LogP contribution >= 0.6 is 35.6 Å². The van der Waals surface area contributed by atoms with E-state index in [-0.39, 0.29) is 12.6 Å². The fourth-order valence-corrected chi connectivity index (χ4v) is 3.85. The summed E-state index contributed by atoms with van der Waals surface area (Å²) in [6.45, 7) is 0.231. The van der Waals surface area contributed by atoms with E-state index in [1.807, 2.05) is 12.1 Å². The molecule has 8 heteroatoms. The van der Waals surface area contributed by atoms with Crippen LogP contribution in [0.4, 0.5) is 5.69 Å². The summed E-state index contributed by atoms with van der Waals surface area (Å²) in [6, 6.07) is 14.1. The van der Waals surface area contributed by atoms with Crippen LogP contribution in [0.15, 0.2) is 53.4 Å². The molecule has 0 spiro atoms. The van der Waals surface area contributed by atoms with Gasteiger partial charge in [-0.15, -0.1) is 0 Å². The van der Waals surface area contributed by atoms with E-state index in [9.17, 15) is 9.59 Å². The van der Waals surface area contributed by atoms with E-state index >= 15 is 0 Å². The molecule has 1 aliphatic heterocycles. The number of thiocarbonyl (C=S) groups is 1. The van der Waals surface area contributed by atoms with Gasteiger partial charge in [-0.1, -0.05) is 47.7 Å². The molecule has 1 saturated heterocycles. The van der Waals surface area contributed by atoms with Crippen molar-refractivity contribution in [3.8, 4) is 0 Å². The summed E-state index contributed by atoms with van der Waals surface area (Å²) in [4.78, 5) is 26.1. The van der Waals surface area contributed by atoms with Crippen LogP contribution in [0.3, 0.4) is 0 Å². The number of amides is 1. The molecule has 0 aromatic heterocycles. The van der Waals surface area contributed by atoms with E-state index in [4.69, 9.17) is 23.8 Å². The van der Waals surface area contributed by atoms with Gasteiger partial charge in [0.05, 0.1) is 24.2 Å². The maximum Gasteiger partial charge on any atom is 0.337 e. The summed E-state index contributed by atoms with van der Waals surface area (Å²) in [5, 5.41) is 3.74. The largest absolute Gasteiger partial charge is 0.465 e. The number of ether oxygens (including phenoxy) is 1. The fourth-order valence-electron chi connectivity index (χ4n) is 2.40. The maximum absolute atomic E-state index is 12.6. The molecule has 0 bridgehead atoms. The molecule has 1 amide bonds. The Morgan fingerprint density at radius 2 is 2.04 bits per heavy atom. The third-order valence-electron chi connectivity index (χ3n) is 3.77. The number of halogens is 1. The number of methoxy groups -OCH3 is 1. The highest BCUT2D eigenvalue weighted by molar-refractivity contribution is 8.26. The minimum atomic E-state index is -0.398. The lowest BCUT2D eigenvalue weighted by Crippen LogP contribution is -2.33. The minimum Gasteiger partial charge on any atom is -0.465 e. The first-order chi connectivity index (χ1) is 13.0. The van der Waals surface area contributed by atoms with Crippen molar-refractivity contribution < 1.29 is 14.3 Å². The van der Waals surface area contributed by atoms with Gasteiger partial charge in [-0.25, -0.2) is 4.79 Å². The molecule has 1 fully saturated rings. The summed E-state index contributed by atoms with van der Waals surface area (Å²) in [5.41, 5.74) is 2.06. The predicted molar refractivity (Wildman–Crippen MR) is 113 cm³/mol. The van der Waals surface area contributed by atoms with Crippen LogP contribution in [-0.4, -0.2) is 34.9 Å². The minimum absolute atomic E-state index is 0.163. The first-order valence-corrected chi connectivity index (χ1v) is 9.51. The lowest BCUT2D eigenvalue weighted by Gasteiger charge is -2.16. The first kappa shape index (κ1) is 19.4. The van der Waals surface area contributed by atoms with Gasteiger partial charge in [0.25, 0.3) is 5.91 Å². The Bertz CT molecular complexity index is 929. The molecule has 5 nitrogen and oxygen atoms in total. The van der Waals surface area contributed by atoms with Crippen molar-refractivity contribution in [1.29, 1.82) is 0 Å². The highest BCUT2D eigenvalue weighted by atomic mass is 35.5. The van der Waals surface area contributed by atoms with Crippen molar-refractivity contribution in [2.24, 2.45) is 0 Å². The van der Waals surface area contributed by atoms with Crippen molar-refractivity contribution in [1.82, 2.24) is 4.90 Å². The maximum atomic E-state index is 12.6. The highest BCUT2D eigenvalue weighted by Crippen LogP contribution is 2.32. The topological polar surface area (TPSA) is 58.6 Å². The number of carbonyl (C=O) groups is 2. The van der Waals surface area contributed by atoms with Gasteiger partial charge in [0.15, 0.2) is 0 Å². The van der Waals surface area contributed by atoms with E-state index in [0.29, 0.717) is 19.8 Å². The summed E-state index contributed by atoms with van der Waals surface area (Å²) in [6.07, 6.45) is 1.77. The molecule has 1 heterocycles. The monoisotopic (exact) mass is 418 g/mol. The summed E-state index contributed by atoms with van der Waals surface area (Å²) >= 11 is 12.6. The normalized spacial score (nSPS) is 15.3. The Hall–Kier alpha value is -2.35. The zero-order chi connectivity index (χ0) is 19.4. The number of esters is 1. The van der Waals surface area contributed by atoms with Crippen molar-refractivity contribution in [3.05, 3.63) is 69.6 Å². The van der Waals surface area contributed by atoms with Gasteiger partial charge in [0.1, 0.15) is 4.32 Å². The van der Waals surface area contributed by atoms with Crippen LogP contribution in [0.25, 0.3) is 6.08 Å². The van der Waals surface area contributed by atoms with Gasteiger partial charge in [0, 0.05) is 10.7 Å². The third kappa shape index (κ3) is 4.68. The van der Waals surface area contributed by atoms with Crippen LogP contribution < -0.4 is 5.32 Å². The second-order valence-corrected chi connectivity index (χ2v) is 7.68. The van der Waals surface area contributed by atoms with Crippen LogP contribution in [0.1, 0.15) is 15.9 Å². The van der Waals surface area contributed by atoms with Gasteiger partial charge in [-0.2, -0.15) is 0 Å². The van der Waals surface area contributed by atoms with E-state index < -0.39 is 5.97 Å². The van der Waals surface area contributed by atoms with Crippen LogP contribution in [0, 0.1) is 0 Å². The second-order valence-electron chi connectivity index (χ2n) is 5.57. The van der Waals surface area contributed by atoms with E-state index in [1.54, 1.807) is 42.5 Å². The third-order valence-corrected chi connectivity index (χ3v) is 5.38. The number of benzene rings is 2. The first-order valence-electron chi connectivity index (χ1n) is 7.91. The average Bonchev–Trinajstić information content (AvgIpc) is 2.93. The Balaban J connectivity index is 1.66. The molecule has 0 atom stereocenters. The number of anilines is 1. The van der Waals surface area contributed by atoms with Gasteiger partial charge < -0.3 is 10.1 Å². The summed E-state index contributed by atoms with van der Waals surface area (Å²) in [7, 11) is 1.33. The Kier molecular flexibility index (Phi) is 6.15. The molecule has 1 N–H and O–H groups in total. The van der Waals surface area contributed by atoms with Crippen molar-refractivity contribution in [3.63, 3.8) is 0 Å². The van der Waals surface area contributed by atoms with Crippen LogP contribution in [-0.2, 0) is 9.53 Å². The number of hydrogen-bond acceptors (Lipinski definition) is 6. The van der Waals surface area contributed by atoms with Crippen molar-refractivity contribution >= 4 is 63.5 Å². The zero-order valence-corrected chi connectivity index (χ0v) is 16.7. The Morgan fingerprint density at radius 1 is 1.30 bits per heavy atom. The van der Waals surface area contributed by atoms with Crippen molar-refractivity contribution in [2.45, 2.75) is 0 Å². The van der Waals surface area contributed by atoms with Gasteiger partial charge in [0.2, 0.25) is 0 Å². The molecular formula is C19H15ClN2O3S2. The van der Waals surface area contributed by atoms with E-state index in [0.717, 1.165) is 11.3 Å². The number of thioether (sulfide) groups is 1. The molecule has 27 heavy (non-hydrogen) atoms. The van der Waals surface area contributed by atoms with Gasteiger partial charge in [-0.3, -0.25) is 9.69 Å². The molecular weight excluding hydrogens is 404 g/mol. The molecule has 2 aromatic rings. The number of rotatable bonds is 5. The molecule has 2 aromatic carbocycles. The van der Waals surface area contributed by atoms with Gasteiger partial charge in [-0.05, 0) is 48.0 Å². The van der Waals surface area contributed by atoms with E-state index in [2.05, 4.69) is 10.1 Å². The summed E-state index contributed by atoms with van der Waals surface area (Å²) in [5.74, 6) is -0.562. The lowest BCUT2D eigenvalue weighted by atomic mass is 10.2. The SMILES string of the molecule is COC(=O)c1ccc(NCN2C(=O)/C(=C/c3cccc(Cl)c3)SC2=S)cc1. The van der Waals surface area contributed by atoms with Crippen molar-refractivity contribution in [2.75, 3.05) is 19.1 Å². The van der Waals surface area contributed by atoms with Crippen LogP contribution in [0.2, 0.25) is 5.02 Å². The molecule has 0 radical (unpaired) electrons. The number of nitrogens with zero attached hydrogens (tertiary/aromatic N) is 1. The molecule has 3 rings (SSSR count). The number of hydrogen-bond donors (Lipinski definition) is 1. The quantitative estimate of drug-likeness (QED) is 0.441. The Morgan fingerprint density at radius 3 is 2.70 bits per heavy atom. The highest BCUT2D eigenvalue weighted by Gasteiger charge is 2.31. The average molecular weight is 419 g/mol. The number of nitrogens with one attached hydrogen (secondary N) is 1. The van der Waals surface area contributed by atoms with Crippen LogP contribution in [0.5, 0.6) is 0 Å².